The van der Waals surface area contributed by atoms with Crippen LogP contribution < -0.4 is 10.9 Å². The average molecular weight is 213 g/mol. The lowest BCUT2D eigenvalue weighted by molar-refractivity contribution is 0.961. The van der Waals surface area contributed by atoms with E-state index in [0.717, 1.165) is 6.54 Å². The Kier molecular flexibility index (Phi) is 4.00. The first-order valence-electron chi connectivity index (χ1n) is 4.46. The van der Waals surface area contributed by atoms with Crippen molar-refractivity contribution < 1.29 is 0 Å². The second kappa shape index (κ2) is 5.05. The number of aryl methyl sites for hydroxylation is 1. The molecule has 0 aliphatic rings. The van der Waals surface area contributed by atoms with Crippen molar-refractivity contribution >= 4 is 17.6 Å². The van der Waals surface area contributed by atoms with E-state index in [2.05, 4.69) is 28.5 Å². The highest BCUT2D eigenvalue weighted by Crippen LogP contribution is 2.06. The zero-order valence-corrected chi connectivity index (χ0v) is 9.44. The molecule has 0 amide bonds. The minimum absolute atomic E-state index is 0.114. The molecule has 14 heavy (non-hydrogen) atoms. The molecule has 0 saturated carbocycles. The zero-order valence-electron chi connectivity index (χ0n) is 8.63. The summed E-state index contributed by atoms with van der Waals surface area (Å²) in [5.41, 5.74) is -0.114. The Morgan fingerprint density at radius 3 is 3.00 bits per heavy atom. The number of nitrogens with one attached hydrogen (secondary N) is 2. The number of hydrogen-bond acceptors (Lipinski definition) is 4. The first kappa shape index (κ1) is 11.1. The van der Waals surface area contributed by atoms with Crippen molar-refractivity contribution in [3.05, 3.63) is 22.2 Å². The Morgan fingerprint density at radius 2 is 2.43 bits per heavy atom. The molecule has 1 aromatic heterocycles. The first-order chi connectivity index (χ1) is 6.61. The molecule has 2 N–H and O–H groups in total. The summed E-state index contributed by atoms with van der Waals surface area (Å²) >= 11 is 1.78. The van der Waals surface area contributed by atoms with Gasteiger partial charge in [-0.15, -0.1) is 0 Å². The number of nitrogens with zero attached hydrogens (tertiary/aromatic N) is 1. The Hall–Kier alpha value is -0.970. The van der Waals surface area contributed by atoms with Gasteiger partial charge in [0.1, 0.15) is 11.6 Å². The van der Waals surface area contributed by atoms with Crippen LogP contribution in [0.25, 0.3) is 0 Å². The summed E-state index contributed by atoms with van der Waals surface area (Å²) in [4.78, 5) is 17.8. The molecule has 4 nitrogen and oxygen atoms in total. The predicted molar refractivity (Wildman–Crippen MR) is 61.1 cm³/mol. The van der Waals surface area contributed by atoms with Crippen LogP contribution in [0.2, 0.25) is 0 Å². The maximum atomic E-state index is 11.1. The van der Waals surface area contributed by atoms with Gasteiger partial charge in [0.05, 0.1) is 0 Å². The lowest BCUT2D eigenvalue weighted by atomic mass is 10.4. The first-order valence-corrected chi connectivity index (χ1v) is 5.75. The molecule has 1 rings (SSSR count). The molecule has 0 fully saturated rings. The highest BCUT2D eigenvalue weighted by molar-refractivity contribution is 7.99. The molecule has 0 aliphatic heterocycles. The fourth-order valence-electron chi connectivity index (χ4n) is 1.00. The number of aromatic amines is 1. The van der Waals surface area contributed by atoms with Crippen LogP contribution in [-0.4, -0.2) is 28.0 Å². The molecule has 0 bridgehead atoms. The van der Waals surface area contributed by atoms with Crippen molar-refractivity contribution in [2.45, 2.75) is 19.1 Å². The summed E-state index contributed by atoms with van der Waals surface area (Å²) in [7, 11) is 0. The minimum Gasteiger partial charge on any atom is -0.369 e. The normalized spacial score (nSPS) is 12.5. The number of anilines is 1. The van der Waals surface area contributed by atoms with Crippen LogP contribution >= 0.6 is 11.8 Å². The largest absolute Gasteiger partial charge is 0.369 e. The van der Waals surface area contributed by atoms with Gasteiger partial charge in [0, 0.05) is 17.9 Å². The molecule has 1 heterocycles. The van der Waals surface area contributed by atoms with Crippen LogP contribution in [0.1, 0.15) is 12.7 Å². The number of hydrogen-bond donors (Lipinski definition) is 2. The summed E-state index contributed by atoms with van der Waals surface area (Å²) in [6.45, 7) is 4.71. The molecule has 1 unspecified atom stereocenters. The van der Waals surface area contributed by atoms with Gasteiger partial charge < -0.3 is 10.3 Å². The Labute approximate surface area is 87.5 Å². The van der Waals surface area contributed by atoms with Gasteiger partial charge in [-0.05, 0) is 13.2 Å². The Bertz CT molecular complexity index is 350. The van der Waals surface area contributed by atoms with E-state index in [-0.39, 0.29) is 5.56 Å². The van der Waals surface area contributed by atoms with Crippen LogP contribution in [-0.2, 0) is 0 Å². The van der Waals surface area contributed by atoms with Gasteiger partial charge in [-0.2, -0.15) is 11.8 Å². The SMILES string of the molecule is CSC(C)CNc1cc(=O)[nH]c(C)n1. The maximum Gasteiger partial charge on any atom is 0.252 e. The lowest BCUT2D eigenvalue weighted by Crippen LogP contribution is -2.17. The number of rotatable bonds is 4. The summed E-state index contributed by atoms with van der Waals surface area (Å²) in [5.74, 6) is 1.28. The molecule has 0 aliphatic carbocycles. The van der Waals surface area contributed by atoms with E-state index in [1.807, 2.05) is 0 Å². The third-order valence-corrected chi connectivity index (χ3v) is 2.80. The summed E-state index contributed by atoms with van der Waals surface area (Å²) in [5, 5.41) is 3.64. The van der Waals surface area contributed by atoms with Crippen molar-refractivity contribution in [2.24, 2.45) is 0 Å². The predicted octanol–water partition coefficient (Wildman–Crippen LogP) is 1.24. The quantitative estimate of drug-likeness (QED) is 0.790. The molecule has 0 radical (unpaired) electrons. The number of aromatic nitrogens is 2. The van der Waals surface area contributed by atoms with E-state index < -0.39 is 0 Å². The highest BCUT2D eigenvalue weighted by atomic mass is 32.2. The van der Waals surface area contributed by atoms with Crippen LogP contribution in [0.3, 0.4) is 0 Å². The lowest BCUT2D eigenvalue weighted by Gasteiger charge is -2.09. The van der Waals surface area contributed by atoms with Crippen LogP contribution in [0.5, 0.6) is 0 Å². The molecular formula is C9H15N3OS. The fraction of sp³-hybridized carbons (Fsp3) is 0.556. The van der Waals surface area contributed by atoms with Gasteiger partial charge >= 0.3 is 0 Å². The molecule has 5 heteroatoms. The van der Waals surface area contributed by atoms with Gasteiger partial charge in [0.25, 0.3) is 5.56 Å². The van der Waals surface area contributed by atoms with Crippen molar-refractivity contribution in [3.8, 4) is 0 Å². The van der Waals surface area contributed by atoms with Crippen molar-refractivity contribution in [1.29, 1.82) is 0 Å². The van der Waals surface area contributed by atoms with Gasteiger partial charge in [-0.1, -0.05) is 6.92 Å². The van der Waals surface area contributed by atoms with Crippen molar-refractivity contribution in [3.63, 3.8) is 0 Å². The van der Waals surface area contributed by atoms with Gasteiger partial charge in [0.2, 0.25) is 0 Å². The summed E-state index contributed by atoms with van der Waals surface area (Å²) in [6.07, 6.45) is 2.06. The monoisotopic (exact) mass is 213 g/mol. The standard InChI is InChI=1S/C9H15N3OS/c1-6(14-3)5-10-8-4-9(13)12-7(2)11-8/h4,6H,5H2,1-3H3,(H2,10,11,12,13). The molecular weight excluding hydrogens is 198 g/mol. The van der Waals surface area contributed by atoms with E-state index in [1.165, 1.54) is 6.07 Å². The smallest absolute Gasteiger partial charge is 0.252 e. The highest BCUT2D eigenvalue weighted by Gasteiger charge is 2.01. The van der Waals surface area contributed by atoms with Crippen molar-refractivity contribution in [2.75, 3.05) is 18.1 Å². The average Bonchev–Trinajstić information content (AvgIpc) is 2.12. The second-order valence-electron chi connectivity index (χ2n) is 3.14. The van der Waals surface area contributed by atoms with E-state index in [0.29, 0.717) is 16.9 Å². The van der Waals surface area contributed by atoms with E-state index in [4.69, 9.17) is 0 Å². The Balaban J connectivity index is 2.63. The van der Waals surface area contributed by atoms with Crippen LogP contribution in [0.15, 0.2) is 10.9 Å². The topological polar surface area (TPSA) is 57.8 Å². The fourth-order valence-corrected chi connectivity index (χ4v) is 1.25. The minimum atomic E-state index is -0.114. The maximum absolute atomic E-state index is 11.1. The Morgan fingerprint density at radius 1 is 1.71 bits per heavy atom. The second-order valence-corrected chi connectivity index (χ2v) is 4.42. The van der Waals surface area contributed by atoms with Crippen LogP contribution in [0.4, 0.5) is 5.82 Å². The molecule has 0 aromatic carbocycles. The van der Waals surface area contributed by atoms with Gasteiger partial charge in [0.15, 0.2) is 0 Å². The van der Waals surface area contributed by atoms with E-state index >= 15 is 0 Å². The van der Waals surface area contributed by atoms with E-state index in [9.17, 15) is 4.79 Å². The molecule has 78 valence electrons. The third-order valence-electron chi connectivity index (χ3n) is 1.83. The van der Waals surface area contributed by atoms with E-state index in [1.54, 1.807) is 18.7 Å². The third kappa shape index (κ3) is 3.41. The van der Waals surface area contributed by atoms with Gasteiger partial charge in [-0.3, -0.25) is 4.79 Å². The van der Waals surface area contributed by atoms with Crippen molar-refractivity contribution in [1.82, 2.24) is 9.97 Å². The summed E-state index contributed by atoms with van der Waals surface area (Å²) < 4.78 is 0. The molecule has 0 spiro atoms. The van der Waals surface area contributed by atoms with Crippen LogP contribution in [0, 0.1) is 6.92 Å². The number of thioether (sulfide) groups is 1. The molecule has 0 saturated heterocycles. The zero-order chi connectivity index (χ0) is 10.6. The van der Waals surface area contributed by atoms with Gasteiger partial charge in [-0.25, -0.2) is 4.98 Å². The summed E-state index contributed by atoms with van der Waals surface area (Å²) in [6, 6.07) is 1.47. The molecule has 1 atom stereocenters. The molecule has 1 aromatic rings. The number of H-pyrrole nitrogens is 1.